The number of nitrogens with one attached hydrogen (secondary N) is 1. The first-order valence-corrected chi connectivity index (χ1v) is 3.43. The quantitative estimate of drug-likeness (QED) is 0.556. The smallest absolute Gasteiger partial charge is 0.310 e. The van der Waals surface area contributed by atoms with E-state index in [4.69, 9.17) is 0 Å². The van der Waals surface area contributed by atoms with Gasteiger partial charge in [-0.25, -0.2) is 9.78 Å². The van der Waals surface area contributed by atoms with Crippen LogP contribution >= 0.6 is 0 Å². The van der Waals surface area contributed by atoms with E-state index < -0.39 is 0 Å². The Hall–Kier alpha value is -1.12. The molecular weight excluding hydrogens is 128 g/mol. The van der Waals surface area contributed by atoms with E-state index in [2.05, 4.69) is 9.97 Å². The second kappa shape index (κ2) is 1.94. The zero-order valence-corrected chi connectivity index (χ0v) is 5.55. The number of rotatable bonds is 0. The number of fused-ring (bicyclic) bond motifs is 1. The van der Waals surface area contributed by atoms with E-state index in [1.165, 1.54) is 5.56 Å². The fourth-order valence-electron chi connectivity index (χ4n) is 1.35. The highest BCUT2D eigenvalue weighted by Crippen LogP contribution is 2.15. The molecule has 1 heterocycles. The highest BCUT2D eigenvalue weighted by molar-refractivity contribution is 5.20. The second-order valence-corrected chi connectivity index (χ2v) is 2.55. The predicted octanol–water partition coefficient (Wildman–Crippen LogP) is 0.259. The van der Waals surface area contributed by atoms with Crippen molar-refractivity contribution in [3.8, 4) is 0 Å². The summed E-state index contributed by atoms with van der Waals surface area (Å²) in [5.41, 5.74) is 2.07. The Balaban J connectivity index is 2.63. The van der Waals surface area contributed by atoms with E-state index in [0.29, 0.717) is 0 Å². The van der Waals surface area contributed by atoms with Gasteiger partial charge in [-0.05, 0) is 24.8 Å². The van der Waals surface area contributed by atoms with Crippen molar-refractivity contribution >= 4 is 0 Å². The monoisotopic (exact) mass is 136 g/mol. The van der Waals surface area contributed by atoms with E-state index in [9.17, 15) is 4.79 Å². The maximum absolute atomic E-state index is 10.7. The SMILES string of the molecule is O=c1ncc2c([nH]1)CCC2. The summed E-state index contributed by atoms with van der Waals surface area (Å²) in [7, 11) is 0. The minimum absolute atomic E-state index is 0.222. The van der Waals surface area contributed by atoms with Crippen LogP contribution in [0.4, 0.5) is 0 Å². The van der Waals surface area contributed by atoms with Gasteiger partial charge < -0.3 is 4.98 Å². The van der Waals surface area contributed by atoms with Gasteiger partial charge in [-0.1, -0.05) is 0 Å². The molecule has 10 heavy (non-hydrogen) atoms. The molecule has 3 nitrogen and oxygen atoms in total. The van der Waals surface area contributed by atoms with E-state index in [0.717, 1.165) is 25.0 Å². The van der Waals surface area contributed by atoms with Gasteiger partial charge in [0, 0.05) is 11.9 Å². The van der Waals surface area contributed by atoms with Gasteiger partial charge in [0.05, 0.1) is 0 Å². The van der Waals surface area contributed by atoms with Gasteiger partial charge >= 0.3 is 5.69 Å². The molecule has 0 atom stereocenters. The molecule has 0 saturated carbocycles. The zero-order valence-electron chi connectivity index (χ0n) is 5.55. The van der Waals surface area contributed by atoms with Crippen LogP contribution in [0.15, 0.2) is 11.0 Å². The van der Waals surface area contributed by atoms with Crippen LogP contribution in [0.3, 0.4) is 0 Å². The van der Waals surface area contributed by atoms with Crippen LogP contribution in [0.25, 0.3) is 0 Å². The van der Waals surface area contributed by atoms with Gasteiger partial charge in [-0.3, -0.25) is 0 Å². The van der Waals surface area contributed by atoms with Crippen molar-refractivity contribution in [1.82, 2.24) is 9.97 Å². The Morgan fingerprint density at radius 1 is 1.50 bits per heavy atom. The van der Waals surface area contributed by atoms with Crippen LogP contribution in [-0.2, 0) is 12.8 Å². The summed E-state index contributed by atoms with van der Waals surface area (Å²) >= 11 is 0. The Morgan fingerprint density at radius 3 is 3.30 bits per heavy atom. The maximum atomic E-state index is 10.7. The van der Waals surface area contributed by atoms with Crippen LogP contribution in [0, 0.1) is 0 Å². The van der Waals surface area contributed by atoms with Crippen molar-refractivity contribution in [2.45, 2.75) is 19.3 Å². The summed E-state index contributed by atoms with van der Waals surface area (Å²) in [6.45, 7) is 0. The van der Waals surface area contributed by atoms with E-state index in [1.54, 1.807) is 6.20 Å². The van der Waals surface area contributed by atoms with Gasteiger partial charge in [0.15, 0.2) is 0 Å². The first-order chi connectivity index (χ1) is 4.86. The lowest BCUT2D eigenvalue weighted by molar-refractivity contribution is 0.895. The van der Waals surface area contributed by atoms with Crippen molar-refractivity contribution in [2.24, 2.45) is 0 Å². The Bertz CT molecular complexity index is 303. The summed E-state index contributed by atoms with van der Waals surface area (Å²) < 4.78 is 0. The zero-order chi connectivity index (χ0) is 6.97. The molecule has 1 aromatic heterocycles. The van der Waals surface area contributed by atoms with E-state index in [1.807, 2.05) is 0 Å². The largest absolute Gasteiger partial charge is 0.345 e. The molecule has 52 valence electrons. The number of aromatic amines is 1. The van der Waals surface area contributed by atoms with Crippen molar-refractivity contribution in [3.63, 3.8) is 0 Å². The van der Waals surface area contributed by atoms with Gasteiger partial charge in [0.2, 0.25) is 0 Å². The molecule has 2 rings (SSSR count). The fraction of sp³-hybridized carbons (Fsp3) is 0.429. The molecule has 0 aromatic carbocycles. The fourth-order valence-corrected chi connectivity index (χ4v) is 1.35. The van der Waals surface area contributed by atoms with Crippen molar-refractivity contribution in [1.29, 1.82) is 0 Å². The van der Waals surface area contributed by atoms with Crippen molar-refractivity contribution < 1.29 is 0 Å². The first kappa shape index (κ1) is 5.65. The lowest BCUT2D eigenvalue weighted by Gasteiger charge is -1.92. The average molecular weight is 136 g/mol. The summed E-state index contributed by atoms with van der Waals surface area (Å²) in [6.07, 6.45) is 4.91. The minimum Gasteiger partial charge on any atom is -0.310 e. The normalized spacial score (nSPS) is 15.2. The third kappa shape index (κ3) is 0.744. The van der Waals surface area contributed by atoms with E-state index >= 15 is 0 Å². The van der Waals surface area contributed by atoms with Crippen LogP contribution in [-0.4, -0.2) is 9.97 Å². The lowest BCUT2D eigenvalue weighted by atomic mass is 10.3. The summed E-state index contributed by atoms with van der Waals surface area (Å²) in [6, 6.07) is 0. The topological polar surface area (TPSA) is 45.8 Å². The van der Waals surface area contributed by atoms with Gasteiger partial charge in [0.1, 0.15) is 0 Å². The maximum Gasteiger partial charge on any atom is 0.345 e. The summed E-state index contributed by atoms with van der Waals surface area (Å²) in [4.78, 5) is 17.0. The molecule has 1 aromatic rings. The predicted molar refractivity (Wildman–Crippen MR) is 36.9 cm³/mol. The lowest BCUT2D eigenvalue weighted by Crippen LogP contribution is -2.11. The molecule has 0 radical (unpaired) electrons. The standard InChI is InChI=1S/C7H8N2O/c10-7-8-4-5-2-1-3-6(5)9-7/h4H,1-3H2,(H,8,9,10). The molecule has 0 fully saturated rings. The van der Waals surface area contributed by atoms with Crippen LogP contribution in [0.5, 0.6) is 0 Å². The minimum atomic E-state index is -0.222. The average Bonchev–Trinajstić information content (AvgIpc) is 2.33. The molecule has 3 heteroatoms. The van der Waals surface area contributed by atoms with E-state index in [-0.39, 0.29) is 5.69 Å². The second-order valence-electron chi connectivity index (χ2n) is 2.55. The van der Waals surface area contributed by atoms with Gasteiger partial charge in [0.25, 0.3) is 0 Å². The summed E-state index contributed by atoms with van der Waals surface area (Å²) in [5.74, 6) is 0. The number of aryl methyl sites for hydroxylation is 2. The number of hydrogen-bond donors (Lipinski definition) is 1. The molecule has 0 bridgehead atoms. The highest BCUT2D eigenvalue weighted by Gasteiger charge is 2.10. The van der Waals surface area contributed by atoms with Crippen molar-refractivity contribution in [2.75, 3.05) is 0 Å². The molecule has 1 aliphatic rings. The van der Waals surface area contributed by atoms with Gasteiger partial charge in [-0.2, -0.15) is 0 Å². The molecule has 0 aliphatic heterocycles. The Labute approximate surface area is 58.1 Å². The number of hydrogen-bond acceptors (Lipinski definition) is 2. The van der Waals surface area contributed by atoms with Crippen LogP contribution in [0.1, 0.15) is 17.7 Å². The van der Waals surface area contributed by atoms with Crippen molar-refractivity contribution in [3.05, 3.63) is 27.9 Å². The van der Waals surface area contributed by atoms with Gasteiger partial charge in [-0.15, -0.1) is 0 Å². The van der Waals surface area contributed by atoms with Crippen LogP contribution in [0.2, 0.25) is 0 Å². The summed E-state index contributed by atoms with van der Waals surface area (Å²) in [5, 5.41) is 0. The first-order valence-electron chi connectivity index (χ1n) is 3.43. The molecule has 0 saturated heterocycles. The third-order valence-corrected chi connectivity index (χ3v) is 1.86. The molecule has 0 spiro atoms. The number of aromatic nitrogens is 2. The molecule has 1 N–H and O–H groups in total. The molecular formula is C7H8N2O. The Kier molecular flexibility index (Phi) is 1.09. The molecule has 0 unspecified atom stereocenters. The van der Waals surface area contributed by atoms with Crippen LogP contribution < -0.4 is 5.69 Å². The highest BCUT2D eigenvalue weighted by atomic mass is 16.1. The molecule has 0 amide bonds. The molecule has 1 aliphatic carbocycles. The number of nitrogens with zero attached hydrogens (tertiary/aromatic N) is 1. The number of H-pyrrole nitrogens is 1. The Morgan fingerprint density at radius 2 is 2.40 bits per heavy atom. The third-order valence-electron chi connectivity index (χ3n) is 1.86.